The van der Waals surface area contributed by atoms with Crippen molar-refractivity contribution in [3.8, 4) is 5.75 Å². The second-order valence-corrected chi connectivity index (χ2v) is 6.68. The minimum absolute atomic E-state index is 0.0707. The summed E-state index contributed by atoms with van der Waals surface area (Å²) in [6.45, 7) is 0.722. The first-order valence-electron chi connectivity index (χ1n) is 8.50. The van der Waals surface area contributed by atoms with Crippen LogP contribution in [-0.2, 0) is 6.42 Å². The number of nitrogens with zero attached hydrogens (tertiary/aromatic N) is 2. The Morgan fingerprint density at radius 3 is 2.88 bits per heavy atom. The van der Waals surface area contributed by atoms with Gasteiger partial charge in [0.1, 0.15) is 11.9 Å². The van der Waals surface area contributed by atoms with E-state index in [1.807, 2.05) is 29.2 Å². The molecule has 0 saturated heterocycles. The average Bonchev–Trinajstić information content (AvgIpc) is 3.03. The summed E-state index contributed by atoms with van der Waals surface area (Å²) in [6.07, 6.45) is 0.777. The van der Waals surface area contributed by atoms with Crippen molar-refractivity contribution >= 4 is 22.5 Å². The standard InChI is InChI=1S/C20H19N3O2/c1-22-17-8-7-12(25-2)11-15(17)20(24)23-10-9-14-13-5-3-4-6-16(13)21-18(14)19(22)23/h3-8,11,19,21H,9-10H2,1-2H3. The smallest absolute Gasteiger partial charge is 0.258 e. The normalized spacial score (nSPS) is 18.8. The van der Waals surface area contributed by atoms with Gasteiger partial charge in [0.2, 0.25) is 0 Å². The summed E-state index contributed by atoms with van der Waals surface area (Å²) in [7, 11) is 3.68. The molecule has 1 unspecified atom stereocenters. The molecule has 2 aliphatic rings. The first-order valence-corrected chi connectivity index (χ1v) is 8.50. The number of amides is 1. The number of fused-ring (bicyclic) bond motifs is 6. The van der Waals surface area contributed by atoms with Crippen LogP contribution in [0.15, 0.2) is 42.5 Å². The van der Waals surface area contributed by atoms with E-state index in [0.29, 0.717) is 11.3 Å². The molecule has 1 atom stereocenters. The van der Waals surface area contributed by atoms with Crippen LogP contribution in [0.3, 0.4) is 0 Å². The molecule has 3 heterocycles. The van der Waals surface area contributed by atoms with Crippen molar-refractivity contribution in [3.63, 3.8) is 0 Å². The maximum absolute atomic E-state index is 13.1. The lowest BCUT2D eigenvalue weighted by atomic mass is 9.96. The van der Waals surface area contributed by atoms with Gasteiger partial charge < -0.3 is 19.5 Å². The molecule has 5 rings (SSSR count). The number of hydrogen-bond acceptors (Lipinski definition) is 3. The summed E-state index contributed by atoms with van der Waals surface area (Å²) in [5, 5.41) is 1.26. The fourth-order valence-corrected chi connectivity index (χ4v) is 4.24. The Morgan fingerprint density at radius 1 is 1.20 bits per heavy atom. The van der Waals surface area contributed by atoms with E-state index in [1.54, 1.807) is 7.11 Å². The van der Waals surface area contributed by atoms with Gasteiger partial charge in [-0.25, -0.2) is 0 Å². The van der Waals surface area contributed by atoms with Crippen molar-refractivity contribution in [1.82, 2.24) is 9.88 Å². The van der Waals surface area contributed by atoms with Gasteiger partial charge in [-0.1, -0.05) is 18.2 Å². The lowest BCUT2D eigenvalue weighted by Crippen LogP contribution is -2.51. The predicted molar refractivity (Wildman–Crippen MR) is 97.2 cm³/mol. The zero-order chi connectivity index (χ0) is 17.1. The van der Waals surface area contributed by atoms with Gasteiger partial charge in [-0.15, -0.1) is 0 Å². The second-order valence-electron chi connectivity index (χ2n) is 6.68. The Bertz CT molecular complexity index is 1010. The van der Waals surface area contributed by atoms with Crippen molar-refractivity contribution in [2.45, 2.75) is 12.6 Å². The number of H-pyrrole nitrogens is 1. The van der Waals surface area contributed by atoms with Gasteiger partial charge in [0, 0.05) is 24.5 Å². The number of para-hydroxylation sites is 1. The molecule has 1 N–H and O–H groups in total. The lowest BCUT2D eigenvalue weighted by Gasteiger charge is -2.46. The van der Waals surface area contributed by atoms with Gasteiger partial charge >= 0.3 is 0 Å². The van der Waals surface area contributed by atoms with Crippen LogP contribution in [0.5, 0.6) is 5.75 Å². The highest BCUT2D eigenvalue weighted by Gasteiger charge is 2.41. The SMILES string of the molecule is COc1ccc2c(c1)C(=O)N1CCc3c([nH]c4ccccc34)C1N2C. The quantitative estimate of drug-likeness (QED) is 0.743. The molecule has 25 heavy (non-hydrogen) atoms. The number of hydrogen-bond donors (Lipinski definition) is 1. The molecule has 5 heteroatoms. The fourth-order valence-electron chi connectivity index (χ4n) is 4.24. The minimum atomic E-state index is -0.0930. The zero-order valence-electron chi connectivity index (χ0n) is 14.2. The van der Waals surface area contributed by atoms with Crippen molar-refractivity contribution in [2.24, 2.45) is 0 Å². The number of carbonyl (C=O) groups excluding carboxylic acids is 1. The molecule has 3 aromatic rings. The number of carbonyl (C=O) groups is 1. The molecule has 0 aliphatic carbocycles. The number of nitrogens with one attached hydrogen (secondary N) is 1. The molecule has 0 spiro atoms. The Hall–Kier alpha value is -2.95. The molecular weight excluding hydrogens is 314 g/mol. The maximum Gasteiger partial charge on any atom is 0.258 e. The van der Waals surface area contributed by atoms with Gasteiger partial charge in [-0.2, -0.15) is 0 Å². The first kappa shape index (κ1) is 14.4. The second kappa shape index (κ2) is 5.02. The Balaban J connectivity index is 1.70. The predicted octanol–water partition coefficient (Wildman–Crippen LogP) is 3.32. The van der Waals surface area contributed by atoms with Gasteiger partial charge in [0.25, 0.3) is 5.91 Å². The maximum atomic E-state index is 13.1. The number of methoxy groups -OCH3 is 1. The van der Waals surface area contributed by atoms with E-state index < -0.39 is 0 Å². The highest BCUT2D eigenvalue weighted by Crippen LogP contribution is 2.43. The van der Waals surface area contributed by atoms with Crippen LogP contribution in [0.2, 0.25) is 0 Å². The lowest BCUT2D eigenvalue weighted by molar-refractivity contribution is 0.0634. The van der Waals surface area contributed by atoms with Crippen molar-refractivity contribution in [3.05, 3.63) is 59.3 Å². The molecule has 0 fully saturated rings. The zero-order valence-corrected chi connectivity index (χ0v) is 14.2. The van der Waals surface area contributed by atoms with Crippen LogP contribution < -0.4 is 9.64 Å². The Kier molecular flexibility index (Phi) is 2.89. The number of aromatic amines is 1. The summed E-state index contributed by atoms with van der Waals surface area (Å²) in [6, 6.07) is 14.1. The van der Waals surface area contributed by atoms with Crippen LogP contribution >= 0.6 is 0 Å². The number of aromatic nitrogens is 1. The third-order valence-electron chi connectivity index (χ3n) is 5.44. The first-order chi connectivity index (χ1) is 12.2. The summed E-state index contributed by atoms with van der Waals surface area (Å²) in [5.41, 5.74) is 5.24. The highest BCUT2D eigenvalue weighted by atomic mass is 16.5. The Labute approximate surface area is 145 Å². The third-order valence-corrected chi connectivity index (χ3v) is 5.44. The largest absolute Gasteiger partial charge is 0.497 e. The van der Waals surface area contributed by atoms with Gasteiger partial charge in [0.05, 0.1) is 24.1 Å². The molecule has 0 radical (unpaired) electrons. The molecule has 2 aliphatic heterocycles. The molecule has 0 bridgehead atoms. The number of anilines is 1. The highest BCUT2D eigenvalue weighted by molar-refractivity contribution is 6.03. The summed E-state index contributed by atoms with van der Waals surface area (Å²) >= 11 is 0. The van der Waals surface area contributed by atoms with Crippen LogP contribution in [-0.4, -0.2) is 36.5 Å². The van der Waals surface area contributed by atoms with Gasteiger partial charge in [-0.05, 0) is 36.2 Å². The van der Waals surface area contributed by atoms with E-state index >= 15 is 0 Å². The van der Waals surface area contributed by atoms with Gasteiger partial charge in [0.15, 0.2) is 0 Å². The number of ether oxygens (including phenoxy) is 1. The molecule has 0 saturated carbocycles. The molecule has 2 aromatic carbocycles. The van der Waals surface area contributed by atoms with E-state index in [0.717, 1.165) is 29.9 Å². The molecule has 126 valence electrons. The summed E-state index contributed by atoms with van der Waals surface area (Å²) in [4.78, 5) is 20.8. The van der Waals surface area contributed by atoms with Crippen molar-refractivity contribution in [2.75, 3.05) is 25.6 Å². The number of benzene rings is 2. The van der Waals surface area contributed by atoms with Crippen LogP contribution in [0.25, 0.3) is 10.9 Å². The van der Waals surface area contributed by atoms with Crippen LogP contribution in [0.4, 0.5) is 5.69 Å². The van der Waals surface area contributed by atoms with E-state index in [9.17, 15) is 4.79 Å². The molecule has 1 amide bonds. The molecule has 5 nitrogen and oxygen atoms in total. The topological polar surface area (TPSA) is 48.6 Å². The summed E-state index contributed by atoms with van der Waals surface area (Å²) in [5.74, 6) is 0.781. The van der Waals surface area contributed by atoms with E-state index in [1.165, 1.54) is 10.9 Å². The van der Waals surface area contributed by atoms with Gasteiger partial charge in [-0.3, -0.25) is 4.79 Å². The van der Waals surface area contributed by atoms with Crippen LogP contribution in [0.1, 0.15) is 27.8 Å². The van der Waals surface area contributed by atoms with E-state index in [2.05, 4.69) is 35.1 Å². The minimum Gasteiger partial charge on any atom is -0.497 e. The molecule has 1 aromatic heterocycles. The average molecular weight is 333 g/mol. The van der Waals surface area contributed by atoms with E-state index in [-0.39, 0.29) is 12.1 Å². The summed E-state index contributed by atoms with van der Waals surface area (Å²) < 4.78 is 5.30. The third kappa shape index (κ3) is 1.86. The monoisotopic (exact) mass is 333 g/mol. The molecular formula is C20H19N3O2. The fraction of sp³-hybridized carbons (Fsp3) is 0.250. The number of rotatable bonds is 1. The van der Waals surface area contributed by atoms with E-state index in [4.69, 9.17) is 4.74 Å². The van der Waals surface area contributed by atoms with Crippen molar-refractivity contribution in [1.29, 1.82) is 0 Å². The van der Waals surface area contributed by atoms with Crippen molar-refractivity contribution < 1.29 is 9.53 Å². The Morgan fingerprint density at radius 2 is 2.04 bits per heavy atom. The van der Waals surface area contributed by atoms with Crippen LogP contribution in [0, 0.1) is 0 Å².